The maximum atomic E-state index is 11.3. The van der Waals surface area contributed by atoms with Crippen LogP contribution in [-0.4, -0.2) is 19.3 Å². The number of hydrogen-bond donors (Lipinski definition) is 0. The molecule has 2 heterocycles. The predicted octanol–water partition coefficient (Wildman–Crippen LogP) is 0.0251. The summed E-state index contributed by atoms with van der Waals surface area (Å²) in [6, 6.07) is 3.31. The second-order valence-electron chi connectivity index (χ2n) is 3.03. The fourth-order valence-corrected chi connectivity index (χ4v) is 1.22. The summed E-state index contributed by atoms with van der Waals surface area (Å²) in [7, 11) is 1.84. The third kappa shape index (κ3) is 1.71. The van der Waals surface area contributed by atoms with Crippen molar-refractivity contribution in [3.8, 4) is 0 Å². The Bertz CT molecular complexity index is 485. The van der Waals surface area contributed by atoms with Crippen LogP contribution in [0.5, 0.6) is 0 Å². The summed E-state index contributed by atoms with van der Waals surface area (Å²) < 4.78 is 3.22. The maximum Gasteiger partial charge on any atom is 0.253 e. The molecule has 0 saturated carbocycles. The summed E-state index contributed by atoms with van der Waals surface area (Å²) in [5.41, 5.74) is 0.785. The average Bonchev–Trinajstić information content (AvgIpc) is 2.56. The first-order valence-electron chi connectivity index (χ1n) is 4.25. The van der Waals surface area contributed by atoms with Crippen molar-refractivity contribution in [2.75, 3.05) is 0 Å². The van der Waals surface area contributed by atoms with E-state index in [4.69, 9.17) is 0 Å². The van der Waals surface area contributed by atoms with Gasteiger partial charge < -0.3 is 0 Å². The van der Waals surface area contributed by atoms with Crippen LogP contribution in [0.2, 0.25) is 0 Å². The lowest BCUT2D eigenvalue weighted by atomic mass is 10.4. The van der Waals surface area contributed by atoms with Crippen molar-refractivity contribution < 1.29 is 0 Å². The second kappa shape index (κ2) is 3.45. The van der Waals surface area contributed by atoms with Crippen molar-refractivity contribution in [1.82, 2.24) is 19.3 Å². The first-order chi connectivity index (χ1) is 6.75. The second-order valence-corrected chi connectivity index (χ2v) is 3.03. The van der Waals surface area contributed by atoms with E-state index in [9.17, 15) is 4.79 Å². The summed E-state index contributed by atoms with van der Waals surface area (Å²) >= 11 is 0. The molecule has 0 aromatic carbocycles. The van der Waals surface area contributed by atoms with Crippen LogP contribution < -0.4 is 5.56 Å². The summed E-state index contributed by atoms with van der Waals surface area (Å²) in [6.07, 6.45) is 4.84. The Morgan fingerprint density at radius 1 is 1.43 bits per heavy atom. The molecule has 0 spiro atoms. The standard InChI is InChI=1S/C9H10N4O/c1-12-5-3-8(11-12)6-13-7-10-4-2-9(13)14/h2-5,7H,6H2,1H3. The SMILES string of the molecule is Cn1ccc(Cn2cnccc2=O)n1. The van der Waals surface area contributed by atoms with Crippen LogP contribution in [0.1, 0.15) is 5.69 Å². The maximum absolute atomic E-state index is 11.3. The summed E-state index contributed by atoms with van der Waals surface area (Å²) in [6.45, 7) is 0.466. The van der Waals surface area contributed by atoms with Gasteiger partial charge in [-0.1, -0.05) is 0 Å². The van der Waals surface area contributed by atoms with Gasteiger partial charge in [0.15, 0.2) is 0 Å². The molecule has 0 radical (unpaired) electrons. The van der Waals surface area contributed by atoms with Gasteiger partial charge in [0.05, 0.1) is 18.6 Å². The van der Waals surface area contributed by atoms with Crippen LogP contribution in [0.3, 0.4) is 0 Å². The fourth-order valence-electron chi connectivity index (χ4n) is 1.22. The van der Waals surface area contributed by atoms with E-state index in [0.717, 1.165) is 5.69 Å². The normalized spacial score (nSPS) is 10.4. The van der Waals surface area contributed by atoms with Gasteiger partial charge in [-0.25, -0.2) is 4.98 Å². The monoisotopic (exact) mass is 190 g/mol. The van der Waals surface area contributed by atoms with Crippen LogP contribution in [-0.2, 0) is 13.6 Å². The van der Waals surface area contributed by atoms with Crippen molar-refractivity contribution in [3.63, 3.8) is 0 Å². The first-order valence-corrected chi connectivity index (χ1v) is 4.25. The molecule has 5 heteroatoms. The lowest BCUT2D eigenvalue weighted by molar-refractivity contribution is 0.681. The number of aromatic nitrogens is 4. The minimum Gasteiger partial charge on any atom is -0.293 e. The summed E-state index contributed by atoms with van der Waals surface area (Å²) in [5.74, 6) is 0. The largest absolute Gasteiger partial charge is 0.293 e. The van der Waals surface area contributed by atoms with Gasteiger partial charge in [0.2, 0.25) is 0 Å². The topological polar surface area (TPSA) is 52.7 Å². The van der Waals surface area contributed by atoms with Gasteiger partial charge in [-0.2, -0.15) is 5.10 Å². The zero-order valence-corrected chi connectivity index (χ0v) is 7.79. The smallest absolute Gasteiger partial charge is 0.253 e. The first kappa shape index (κ1) is 8.68. The van der Waals surface area contributed by atoms with Crippen molar-refractivity contribution in [2.45, 2.75) is 6.54 Å². The molecule has 2 aromatic rings. The van der Waals surface area contributed by atoms with Crippen LogP contribution in [0.25, 0.3) is 0 Å². The Morgan fingerprint density at radius 3 is 2.93 bits per heavy atom. The quantitative estimate of drug-likeness (QED) is 0.671. The lowest BCUT2D eigenvalue weighted by Gasteiger charge is -2.00. The Hall–Kier alpha value is -1.91. The van der Waals surface area contributed by atoms with E-state index < -0.39 is 0 Å². The molecule has 0 fully saturated rings. The molecule has 0 aliphatic heterocycles. The van der Waals surface area contributed by atoms with E-state index in [1.807, 2.05) is 19.3 Å². The molecule has 0 aliphatic rings. The Balaban J connectivity index is 2.27. The predicted molar refractivity (Wildman–Crippen MR) is 50.8 cm³/mol. The molecule has 2 rings (SSSR count). The molecule has 14 heavy (non-hydrogen) atoms. The highest BCUT2D eigenvalue weighted by Crippen LogP contribution is 1.95. The van der Waals surface area contributed by atoms with Crippen molar-refractivity contribution in [3.05, 3.63) is 46.9 Å². The molecule has 72 valence electrons. The van der Waals surface area contributed by atoms with Gasteiger partial charge in [0.25, 0.3) is 5.56 Å². The zero-order valence-electron chi connectivity index (χ0n) is 7.79. The molecule has 0 atom stereocenters. The van der Waals surface area contributed by atoms with E-state index >= 15 is 0 Å². The minimum absolute atomic E-state index is 0.0642. The third-order valence-corrected chi connectivity index (χ3v) is 1.89. The highest BCUT2D eigenvalue weighted by atomic mass is 16.1. The number of nitrogens with zero attached hydrogens (tertiary/aromatic N) is 4. The van der Waals surface area contributed by atoms with Crippen LogP contribution >= 0.6 is 0 Å². The Morgan fingerprint density at radius 2 is 2.29 bits per heavy atom. The van der Waals surface area contributed by atoms with Gasteiger partial charge in [-0.05, 0) is 6.07 Å². The van der Waals surface area contributed by atoms with Crippen molar-refractivity contribution >= 4 is 0 Å². The Kier molecular flexibility index (Phi) is 2.14. The lowest BCUT2D eigenvalue weighted by Crippen LogP contribution is -2.19. The summed E-state index contributed by atoms with van der Waals surface area (Å²) in [4.78, 5) is 15.2. The van der Waals surface area contributed by atoms with Crippen LogP contribution in [0.4, 0.5) is 0 Å². The van der Waals surface area contributed by atoms with Gasteiger partial charge in [0, 0.05) is 25.5 Å². The molecular formula is C9H10N4O. The van der Waals surface area contributed by atoms with Crippen molar-refractivity contribution in [1.29, 1.82) is 0 Å². The highest BCUT2D eigenvalue weighted by molar-refractivity contribution is 5.00. The third-order valence-electron chi connectivity index (χ3n) is 1.89. The molecular weight excluding hydrogens is 180 g/mol. The van der Waals surface area contributed by atoms with Crippen LogP contribution in [0.15, 0.2) is 35.6 Å². The molecule has 0 unspecified atom stereocenters. The number of rotatable bonds is 2. The van der Waals surface area contributed by atoms with Gasteiger partial charge in [-0.15, -0.1) is 0 Å². The molecule has 0 saturated heterocycles. The van der Waals surface area contributed by atoms with E-state index in [-0.39, 0.29) is 5.56 Å². The molecule has 0 aliphatic carbocycles. The van der Waals surface area contributed by atoms with Crippen LogP contribution in [0, 0.1) is 0 Å². The molecule has 0 bridgehead atoms. The van der Waals surface area contributed by atoms with E-state index in [1.165, 1.54) is 23.2 Å². The fraction of sp³-hybridized carbons (Fsp3) is 0.222. The minimum atomic E-state index is -0.0642. The van der Waals surface area contributed by atoms with E-state index in [2.05, 4.69) is 10.1 Å². The van der Waals surface area contributed by atoms with Gasteiger partial charge in [-0.3, -0.25) is 14.0 Å². The van der Waals surface area contributed by atoms with Gasteiger partial charge in [0.1, 0.15) is 0 Å². The Labute approximate surface area is 80.6 Å². The molecule has 0 amide bonds. The summed E-state index contributed by atoms with van der Waals surface area (Å²) in [5, 5.41) is 4.18. The molecule has 5 nitrogen and oxygen atoms in total. The highest BCUT2D eigenvalue weighted by Gasteiger charge is 1.99. The average molecular weight is 190 g/mol. The van der Waals surface area contributed by atoms with Crippen molar-refractivity contribution in [2.24, 2.45) is 7.05 Å². The zero-order chi connectivity index (χ0) is 9.97. The number of hydrogen-bond acceptors (Lipinski definition) is 3. The number of aryl methyl sites for hydroxylation is 1. The molecule has 0 N–H and O–H groups in total. The molecule has 2 aromatic heterocycles. The van der Waals surface area contributed by atoms with Gasteiger partial charge >= 0.3 is 0 Å². The van der Waals surface area contributed by atoms with E-state index in [0.29, 0.717) is 6.54 Å². The van der Waals surface area contributed by atoms with E-state index in [1.54, 1.807) is 4.68 Å².